The van der Waals surface area contributed by atoms with Crippen molar-refractivity contribution in [3.63, 3.8) is 0 Å². The third kappa shape index (κ3) is 4.36. The van der Waals surface area contributed by atoms with Crippen LogP contribution < -0.4 is 5.32 Å². The van der Waals surface area contributed by atoms with E-state index in [9.17, 15) is 4.21 Å². The van der Waals surface area contributed by atoms with E-state index in [1.165, 1.54) is 0 Å². The van der Waals surface area contributed by atoms with E-state index in [-0.39, 0.29) is 0 Å². The smallest absolute Gasteiger partial charge is 0.0545 e. The Morgan fingerprint density at radius 2 is 2.25 bits per heavy atom. The van der Waals surface area contributed by atoms with E-state index < -0.39 is 10.8 Å². The van der Waals surface area contributed by atoms with Gasteiger partial charge in [-0.3, -0.25) is 4.21 Å². The van der Waals surface area contributed by atoms with Crippen LogP contribution in [0.25, 0.3) is 0 Å². The molecule has 0 heterocycles. The van der Waals surface area contributed by atoms with Gasteiger partial charge in [-0.05, 0) is 31.7 Å². The number of halogens is 1. The van der Waals surface area contributed by atoms with Gasteiger partial charge in [0.1, 0.15) is 0 Å². The van der Waals surface area contributed by atoms with E-state index in [1.54, 1.807) is 0 Å². The first-order valence-electron chi connectivity index (χ1n) is 5.48. The molecule has 2 nitrogen and oxygen atoms in total. The van der Waals surface area contributed by atoms with Gasteiger partial charge >= 0.3 is 0 Å². The molecule has 0 aliphatic rings. The van der Waals surface area contributed by atoms with Gasteiger partial charge in [-0.2, -0.15) is 0 Å². The molecule has 1 aromatic carbocycles. The lowest BCUT2D eigenvalue weighted by Gasteiger charge is -2.14. The van der Waals surface area contributed by atoms with Gasteiger partial charge in [0.2, 0.25) is 0 Å². The van der Waals surface area contributed by atoms with Crippen molar-refractivity contribution in [3.05, 3.63) is 28.7 Å². The Morgan fingerprint density at radius 1 is 1.50 bits per heavy atom. The minimum absolute atomic E-state index is 0.338. The van der Waals surface area contributed by atoms with Gasteiger partial charge in [0.15, 0.2) is 0 Å². The van der Waals surface area contributed by atoms with E-state index in [4.69, 9.17) is 0 Å². The average molecular weight is 304 g/mol. The quantitative estimate of drug-likeness (QED) is 0.875. The molecule has 4 heteroatoms. The maximum Gasteiger partial charge on any atom is 0.0545 e. The standard InChI is InChI=1S/C12H18BrNOS/c1-3-5-11(14-2)9-16(15)12-7-4-6-10(13)8-12/h4,6-8,11,14H,3,5,9H2,1-2H3. The summed E-state index contributed by atoms with van der Waals surface area (Å²) < 4.78 is 13.1. The van der Waals surface area contributed by atoms with Crippen LogP contribution in [0.4, 0.5) is 0 Å². The lowest BCUT2D eigenvalue weighted by Crippen LogP contribution is -2.30. The van der Waals surface area contributed by atoms with E-state index >= 15 is 0 Å². The zero-order valence-corrected chi connectivity index (χ0v) is 12.1. The molecule has 0 aliphatic carbocycles. The normalized spacial score (nSPS) is 14.7. The first-order chi connectivity index (χ1) is 7.67. The summed E-state index contributed by atoms with van der Waals surface area (Å²) in [6.07, 6.45) is 2.18. The summed E-state index contributed by atoms with van der Waals surface area (Å²) in [6, 6.07) is 8.05. The molecule has 0 aliphatic heterocycles. The van der Waals surface area contributed by atoms with E-state index in [2.05, 4.69) is 28.2 Å². The topological polar surface area (TPSA) is 29.1 Å². The molecule has 0 amide bonds. The summed E-state index contributed by atoms with van der Waals surface area (Å²) in [7, 11) is 1.01. The van der Waals surface area contributed by atoms with Crippen LogP contribution in [-0.4, -0.2) is 23.1 Å². The highest BCUT2D eigenvalue weighted by Gasteiger charge is 2.11. The summed E-state index contributed by atoms with van der Waals surface area (Å²) in [5, 5.41) is 3.21. The molecule has 1 rings (SSSR count). The van der Waals surface area contributed by atoms with Gasteiger partial charge in [0.25, 0.3) is 0 Å². The molecular formula is C12H18BrNOS. The van der Waals surface area contributed by atoms with Crippen LogP contribution in [0.3, 0.4) is 0 Å². The van der Waals surface area contributed by atoms with Crippen LogP contribution >= 0.6 is 15.9 Å². The van der Waals surface area contributed by atoms with Gasteiger partial charge in [-0.1, -0.05) is 35.3 Å². The Labute approximate surface area is 108 Å². The SMILES string of the molecule is CCCC(CS(=O)c1cccc(Br)c1)NC. The van der Waals surface area contributed by atoms with Crippen molar-refractivity contribution in [3.8, 4) is 0 Å². The molecule has 1 N–H and O–H groups in total. The Hall–Kier alpha value is -0.190. The minimum atomic E-state index is -0.918. The number of rotatable bonds is 6. The van der Waals surface area contributed by atoms with Crippen molar-refractivity contribution < 1.29 is 4.21 Å². The highest BCUT2D eigenvalue weighted by molar-refractivity contribution is 9.10. The molecule has 2 unspecified atom stereocenters. The number of benzene rings is 1. The van der Waals surface area contributed by atoms with Crippen LogP contribution in [-0.2, 0) is 10.8 Å². The lowest BCUT2D eigenvalue weighted by molar-refractivity contribution is 0.557. The molecule has 0 saturated heterocycles. The van der Waals surface area contributed by atoms with Gasteiger partial charge in [-0.25, -0.2) is 0 Å². The predicted octanol–water partition coefficient (Wildman–Crippen LogP) is 2.94. The van der Waals surface area contributed by atoms with Gasteiger partial charge < -0.3 is 5.32 Å². The third-order valence-electron chi connectivity index (χ3n) is 2.46. The van der Waals surface area contributed by atoms with E-state index in [0.717, 1.165) is 22.2 Å². The fraction of sp³-hybridized carbons (Fsp3) is 0.500. The van der Waals surface area contributed by atoms with Crippen molar-refractivity contribution in [1.82, 2.24) is 5.32 Å². The Balaban J connectivity index is 2.64. The van der Waals surface area contributed by atoms with E-state index in [0.29, 0.717) is 11.8 Å². The van der Waals surface area contributed by atoms with Crippen LogP contribution in [0, 0.1) is 0 Å². The molecule has 1 aromatic rings. The average Bonchev–Trinajstić information content (AvgIpc) is 2.28. The fourth-order valence-corrected chi connectivity index (χ4v) is 3.48. The van der Waals surface area contributed by atoms with Gasteiger partial charge in [-0.15, -0.1) is 0 Å². The largest absolute Gasteiger partial charge is 0.316 e. The Morgan fingerprint density at radius 3 is 2.81 bits per heavy atom. The molecule has 0 aromatic heterocycles. The molecule has 2 atom stereocenters. The molecule has 0 fully saturated rings. The first-order valence-corrected chi connectivity index (χ1v) is 7.59. The second kappa shape index (κ2) is 7.20. The van der Waals surface area contributed by atoms with Crippen molar-refractivity contribution in [2.45, 2.75) is 30.7 Å². The predicted molar refractivity (Wildman–Crippen MR) is 73.2 cm³/mol. The van der Waals surface area contributed by atoms with Crippen molar-refractivity contribution in [1.29, 1.82) is 0 Å². The second-order valence-corrected chi connectivity index (χ2v) is 6.16. The van der Waals surface area contributed by atoms with Crippen LogP contribution in [0.15, 0.2) is 33.6 Å². The summed E-state index contributed by atoms with van der Waals surface area (Å²) in [5.41, 5.74) is 0. The highest BCUT2D eigenvalue weighted by Crippen LogP contribution is 2.15. The van der Waals surface area contributed by atoms with Crippen LogP contribution in [0.5, 0.6) is 0 Å². The van der Waals surface area contributed by atoms with Crippen LogP contribution in [0.1, 0.15) is 19.8 Å². The molecular weight excluding hydrogens is 286 g/mol. The Kier molecular flexibility index (Phi) is 6.24. The summed E-state index contributed by atoms with van der Waals surface area (Å²) in [5.74, 6) is 0.681. The lowest BCUT2D eigenvalue weighted by atomic mass is 10.2. The Bertz CT molecular complexity index is 357. The zero-order valence-electron chi connectivity index (χ0n) is 9.70. The monoisotopic (exact) mass is 303 g/mol. The maximum absolute atomic E-state index is 12.1. The number of nitrogens with one attached hydrogen (secondary N) is 1. The molecule has 90 valence electrons. The van der Waals surface area contributed by atoms with Crippen molar-refractivity contribution >= 4 is 26.7 Å². The zero-order chi connectivity index (χ0) is 12.0. The first kappa shape index (κ1) is 13.9. The third-order valence-corrected chi connectivity index (χ3v) is 4.44. The molecule has 0 saturated carbocycles. The number of hydrogen-bond acceptors (Lipinski definition) is 2. The van der Waals surface area contributed by atoms with Crippen LogP contribution in [0.2, 0.25) is 0 Å². The molecule has 0 radical (unpaired) electrons. The van der Waals surface area contributed by atoms with Crippen molar-refractivity contribution in [2.24, 2.45) is 0 Å². The minimum Gasteiger partial charge on any atom is -0.316 e. The van der Waals surface area contributed by atoms with E-state index in [1.807, 2.05) is 31.3 Å². The summed E-state index contributed by atoms with van der Waals surface area (Å²) >= 11 is 3.39. The number of hydrogen-bond donors (Lipinski definition) is 1. The maximum atomic E-state index is 12.1. The fourth-order valence-electron chi connectivity index (χ4n) is 1.55. The second-order valence-electron chi connectivity index (χ2n) is 3.74. The van der Waals surface area contributed by atoms with Gasteiger partial charge in [0.05, 0.1) is 10.8 Å². The van der Waals surface area contributed by atoms with Gasteiger partial charge in [0, 0.05) is 21.2 Å². The summed E-state index contributed by atoms with van der Waals surface area (Å²) in [4.78, 5) is 0.894. The molecule has 16 heavy (non-hydrogen) atoms. The molecule has 0 bridgehead atoms. The highest BCUT2D eigenvalue weighted by atomic mass is 79.9. The molecule has 0 spiro atoms. The summed E-state index contributed by atoms with van der Waals surface area (Å²) in [6.45, 7) is 2.15. The van der Waals surface area contributed by atoms with Crippen molar-refractivity contribution in [2.75, 3.05) is 12.8 Å².